The minimum atomic E-state index is -0.471. The zero-order valence-electron chi connectivity index (χ0n) is 17.3. The minimum absolute atomic E-state index is 0.208. The van der Waals surface area contributed by atoms with E-state index in [1.54, 1.807) is 6.08 Å². The molecule has 0 atom stereocenters. The molecule has 0 radical (unpaired) electrons. The Bertz CT molecular complexity index is 612. The van der Waals surface area contributed by atoms with E-state index in [4.69, 9.17) is 9.47 Å². The Morgan fingerprint density at radius 3 is 1.92 bits per heavy atom. The van der Waals surface area contributed by atoms with E-state index in [9.17, 15) is 9.90 Å². The predicted molar refractivity (Wildman–Crippen MR) is 105 cm³/mol. The Hall–Kier alpha value is -1.85. The molecule has 0 aromatic heterocycles. The molecule has 1 amide bonds. The Kier molecular flexibility index (Phi) is 7.42. The quantitative estimate of drug-likeness (QED) is 0.597. The van der Waals surface area contributed by atoms with Gasteiger partial charge in [0.25, 0.3) is 0 Å². The number of nitrogens with one attached hydrogen (secondary N) is 1. The molecule has 1 aromatic rings. The second kappa shape index (κ2) is 8.69. The highest BCUT2D eigenvalue weighted by molar-refractivity contribution is 5.91. The minimum Gasteiger partial charge on any atom is -0.507 e. The lowest BCUT2D eigenvalue weighted by atomic mass is 9.78. The zero-order chi connectivity index (χ0) is 20.1. The van der Waals surface area contributed by atoms with Gasteiger partial charge in [0, 0.05) is 31.4 Å². The van der Waals surface area contributed by atoms with Crippen LogP contribution in [-0.4, -0.2) is 38.1 Å². The third-order valence-electron chi connectivity index (χ3n) is 4.14. The summed E-state index contributed by atoms with van der Waals surface area (Å²) in [6.45, 7) is 12.6. The molecule has 0 bridgehead atoms. The number of rotatable bonds is 6. The smallest absolute Gasteiger partial charge is 0.244 e. The molecule has 0 aliphatic carbocycles. The first-order chi connectivity index (χ1) is 11.9. The Labute approximate surface area is 157 Å². The molecule has 0 saturated heterocycles. The van der Waals surface area contributed by atoms with E-state index in [0.717, 1.165) is 16.7 Å². The second-order valence-electron chi connectivity index (χ2n) is 8.44. The van der Waals surface area contributed by atoms with Gasteiger partial charge in [0.2, 0.25) is 5.91 Å². The highest BCUT2D eigenvalue weighted by atomic mass is 16.7. The summed E-state index contributed by atoms with van der Waals surface area (Å²) < 4.78 is 10.1. The van der Waals surface area contributed by atoms with Gasteiger partial charge < -0.3 is 19.9 Å². The average molecular weight is 363 g/mol. The molecule has 0 saturated carbocycles. The van der Waals surface area contributed by atoms with Crippen molar-refractivity contribution in [1.29, 1.82) is 0 Å². The molecule has 5 heteroatoms. The Morgan fingerprint density at radius 2 is 1.54 bits per heavy atom. The molecule has 0 aliphatic heterocycles. The third kappa shape index (κ3) is 6.15. The number of carbonyl (C=O) groups is 1. The molecular weight excluding hydrogens is 330 g/mol. The number of amides is 1. The fourth-order valence-electron chi connectivity index (χ4n) is 2.57. The molecule has 26 heavy (non-hydrogen) atoms. The molecule has 0 heterocycles. The molecule has 0 fully saturated rings. The standard InChI is InChI=1S/C21H33NO4/c1-20(2,3)15-11-14(12-16(19(15)24)21(4,5)6)9-10-17(23)22-13-18(25-7)26-8/h9-12,18,24H,13H2,1-8H3,(H,22,23)/b10-9+. The summed E-state index contributed by atoms with van der Waals surface area (Å²) in [7, 11) is 3.04. The van der Waals surface area contributed by atoms with Gasteiger partial charge in [-0.15, -0.1) is 0 Å². The van der Waals surface area contributed by atoms with E-state index in [-0.39, 0.29) is 23.3 Å². The fraction of sp³-hybridized carbons (Fsp3) is 0.571. The van der Waals surface area contributed by atoms with Crippen molar-refractivity contribution >= 4 is 12.0 Å². The van der Waals surface area contributed by atoms with Crippen LogP contribution in [0, 0.1) is 0 Å². The third-order valence-corrected chi connectivity index (χ3v) is 4.14. The van der Waals surface area contributed by atoms with Gasteiger partial charge in [-0.05, 0) is 34.6 Å². The second-order valence-corrected chi connectivity index (χ2v) is 8.44. The largest absolute Gasteiger partial charge is 0.507 e. The number of carbonyl (C=O) groups excluding carboxylic acids is 1. The molecular formula is C21H33NO4. The van der Waals surface area contributed by atoms with E-state index in [0.29, 0.717) is 5.75 Å². The van der Waals surface area contributed by atoms with Gasteiger partial charge >= 0.3 is 0 Å². The number of benzene rings is 1. The maximum Gasteiger partial charge on any atom is 0.244 e. The summed E-state index contributed by atoms with van der Waals surface area (Å²) in [6, 6.07) is 3.86. The lowest BCUT2D eigenvalue weighted by molar-refractivity contribution is -0.123. The molecule has 146 valence electrons. The predicted octanol–water partition coefficient (Wildman–Crippen LogP) is 3.74. The SMILES string of the molecule is COC(CNC(=O)/C=C/c1cc(C(C)(C)C)c(O)c(C(C)(C)C)c1)OC. The van der Waals surface area contributed by atoms with E-state index in [2.05, 4.69) is 46.9 Å². The fourth-order valence-corrected chi connectivity index (χ4v) is 2.57. The highest BCUT2D eigenvalue weighted by Gasteiger charge is 2.26. The normalized spacial score (nSPS) is 12.8. The van der Waals surface area contributed by atoms with Gasteiger partial charge in [-0.25, -0.2) is 0 Å². The maximum atomic E-state index is 12.0. The van der Waals surface area contributed by atoms with E-state index in [1.807, 2.05) is 12.1 Å². The first-order valence-electron chi connectivity index (χ1n) is 8.79. The van der Waals surface area contributed by atoms with Gasteiger partial charge in [-0.2, -0.15) is 0 Å². The van der Waals surface area contributed by atoms with Crippen molar-refractivity contribution in [2.24, 2.45) is 0 Å². The Morgan fingerprint density at radius 1 is 1.08 bits per heavy atom. The molecule has 0 spiro atoms. The van der Waals surface area contributed by atoms with Gasteiger partial charge in [0.1, 0.15) is 5.75 Å². The monoisotopic (exact) mass is 363 g/mol. The summed E-state index contributed by atoms with van der Waals surface area (Å²) in [5, 5.41) is 13.5. The van der Waals surface area contributed by atoms with Crippen LogP contribution in [0.2, 0.25) is 0 Å². The molecule has 0 unspecified atom stereocenters. The number of phenols is 1. The van der Waals surface area contributed by atoms with Crippen LogP contribution in [0.1, 0.15) is 58.2 Å². The van der Waals surface area contributed by atoms with E-state index < -0.39 is 6.29 Å². The van der Waals surface area contributed by atoms with Crippen molar-refractivity contribution in [2.75, 3.05) is 20.8 Å². The van der Waals surface area contributed by atoms with Crippen LogP contribution >= 0.6 is 0 Å². The maximum absolute atomic E-state index is 12.0. The van der Waals surface area contributed by atoms with Crippen molar-refractivity contribution < 1.29 is 19.4 Å². The molecule has 2 N–H and O–H groups in total. The van der Waals surface area contributed by atoms with Gasteiger partial charge in [0.05, 0.1) is 6.54 Å². The van der Waals surface area contributed by atoms with Crippen LogP contribution in [0.25, 0.3) is 6.08 Å². The summed E-state index contributed by atoms with van der Waals surface area (Å²) in [5.41, 5.74) is 2.19. The first kappa shape index (κ1) is 22.2. The number of ether oxygens (including phenoxy) is 2. The molecule has 1 rings (SSSR count). The van der Waals surface area contributed by atoms with Gasteiger partial charge in [-0.3, -0.25) is 4.79 Å². The van der Waals surface area contributed by atoms with Crippen molar-refractivity contribution in [1.82, 2.24) is 5.32 Å². The number of hydrogen-bond donors (Lipinski definition) is 2. The number of hydrogen-bond acceptors (Lipinski definition) is 4. The van der Waals surface area contributed by atoms with Crippen molar-refractivity contribution in [3.05, 3.63) is 34.9 Å². The van der Waals surface area contributed by atoms with Crippen LogP contribution in [0.15, 0.2) is 18.2 Å². The van der Waals surface area contributed by atoms with Crippen molar-refractivity contribution in [3.8, 4) is 5.75 Å². The average Bonchev–Trinajstić information content (AvgIpc) is 2.52. The van der Waals surface area contributed by atoms with Gasteiger partial charge in [-0.1, -0.05) is 41.5 Å². The summed E-state index contributed by atoms with van der Waals surface area (Å²) >= 11 is 0. The molecule has 0 aliphatic rings. The first-order valence-corrected chi connectivity index (χ1v) is 8.79. The highest BCUT2D eigenvalue weighted by Crippen LogP contribution is 2.39. The number of methoxy groups -OCH3 is 2. The topological polar surface area (TPSA) is 67.8 Å². The lowest BCUT2D eigenvalue weighted by Crippen LogP contribution is -2.33. The van der Waals surface area contributed by atoms with Crippen molar-refractivity contribution in [3.63, 3.8) is 0 Å². The zero-order valence-corrected chi connectivity index (χ0v) is 17.3. The van der Waals surface area contributed by atoms with Gasteiger partial charge in [0.15, 0.2) is 6.29 Å². The van der Waals surface area contributed by atoms with Crippen LogP contribution in [0.5, 0.6) is 5.75 Å². The lowest BCUT2D eigenvalue weighted by Gasteiger charge is -2.27. The summed E-state index contributed by atoms with van der Waals surface area (Å²) in [5.74, 6) is 0.0985. The van der Waals surface area contributed by atoms with Crippen LogP contribution < -0.4 is 5.32 Å². The number of aromatic hydroxyl groups is 1. The van der Waals surface area contributed by atoms with Crippen LogP contribution in [-0.2, 0) is 25.1 Å². The van der Waals surface area contributed by atoms with Crippen LogP contribution in [0.4, 0.5) is 0 Å². The summed E-state index contributed by atoms with van der Waals surface area (Å²) in [6.07, 6.45) is 2.77. The molecule has 1 aromatic carbocycles. The molecule has 5 nitrogen and oxygen atoms in total. The number of phenolic OH excluding ortho intramolecular Hbond substituents is 1. The van der Waals surface area contributed by atoms with Crippen molar-refractivity contribution in [2.45, 2.75) is 58.7 Å². The van der Waals surface area contributed by atoms with E-state index >= 15 is 0 Å². The Balaban J connectivity index is 3.11. The summed E-state index contributed by atoms with van der Waals surface area (Å²) in [4.78, 5) is 12.0. The van der Waals surface area contributed by atoms with Crippen LogP contribution in [0.3, 0.4) is 0 Å². The van der Waals surface area contributed by atoms with E-state index in [1.165, 1.54) is 20.3 Å².